The quantitative estimate of drug-likeness (QED) is 0.414. The number of urea groups is 1. The van der Waals surface area contributed by atoms with Crippen LogP contribution >= 0.6 is 0 Å². The van der Waals surface area contributed by atoms with Crippen molar-refractivity contribution in [1.82, 2.24) is 20.4 Å². The van der Waals surface area contributed by atoms with Gasteiger partial charge in [0.25, 0.3) is 0 Å². The van der Waals surface area contributed by atoms with Crippen molar-refractivity contribution in [2.45, 2.75) is 26.2 Å². The molecule has 0 saturated carbocycles. The molecule has 0 atom stereocenters. The number of amides is 2. The number of rotatable bonds is 9. The molecule has 6 heteroatoms. The van der Waals surface area contributed by atoms with Crippen LogP contribution in [0.25, 0.3) is 0 Å². The van der Waals surface area contributed by atoms with Crippen LogP contribution in [-0.4, -0.2) is 15.8 Å². The molecular weight excluding hydrogens is 400 g/mol. The molecule has 32 heavy (non-hydrogen) atoms. The van der Waals surface area contributed by atoms with E-state index < -0.39 is 0 Å². The Morgan fingerprint density at radius 2 is 1.34 bits per heavy atom. The molecule has 2 N–H and O–H groups in total. The zero-order valence-electron chi connectivity index (χ0n) is 17.8. The third kappa shape index (κ3) is 5.98. The van der Waals surface area contributed by atoms with Crippen LogP contribution in [0.3, 0.4) is 0 Å². The zero-order chi connectivity index (χ0) is 22.0. The highest BCUT2D eigenvalue weighted by molar-refractivity contribution is 5.73. The van der Waals surface area contributed by atoms with Gasteiger partial charge < -0.3 is 15.4 Å². The lowest BCUT2D eigenvalue weighted by Crippen LogP contribution is -2.35. The van der Waals surface area contributed by atoms with Crippen LogP contribution < -0.4 is 15.4 Å². The van der Waals surface area contributed by atoms with E-state index in [0.717, 1.165) is 28.0 Å². The molecule has 4 aromatic rings. The van der Waals surface area contributed by atoms with Crippen LogP contribution in [-0.2, 0) is 26.2 Å². The summed E-state index contributed by atoms with van der Waals surface area (Å²) in [5.74, 6) is 0.821. The Labute approximate surface area is 187 Å². The van der Waals surface area contributed by atoms with E-state index in [1.54, 1.807) is 6.20 Å². The maximum absolute atomic E-state index is 12.4. The molecule has 0 bridgehead atoms. The van der Waals surface area contributed by atoms with Gasteiger partial charge in [-0.15, -0.1) is 0 Å². The van der Waals surface area contributed by atoms with Gasteiger partial charge in [0.1, 0.15) is 12.4 Å². The highest BCUT2D eigenvalue weighted by Gasteiger charge is 2.08. The number of aromatic nitrogens is 2. The second-order valence-corrected chi connectivity index (χ2v) is 7.38. The molecule has 4 rings (SSSR count). The lowest BCUT2D eigenvalue weighted by Gasteiger charge is -2.14. The molecular formula is C26H26N4O2. The van der Waals surface area contributed by atoms with Gasteiger partial charge in [0.05, 0.1) is 6.54 Å². The summed E-state index contributed by atoms with van der Waals surface area (Å²) >= 11 is 0. The van der Waals surface area contributed by atoms with E-state index in [-0.39, 0.29) is 6.03 Å². The van der Waals surface area contributed by atoms with E-state index >= 15 is 0 Å². The summed E-state index contributed by atoms with van der Waals surface area (Å²) in [5.41, 5.74) is 4.26. The molecule has 1 heterocycles. The SMILES string of the molecule is O=C(NCc1ccccc1COc1ccccc1)NCc1ccccc1Cn1cccn1. The van der Waals surface area contributed by atoms with Crippen LogP contribution in [0.4, 0.5) is 4.79 Å². The zero-order valence-corrected chi connectivity index (χ0v) is 17.8. The number of hydrogen-bond acceptors (Lipinski definition) is 3. The largest absolute Gasteiger partial charge is 0.489 e. The monoisotopic (exact) mass is 426 g/mol. The third-order valence-corrected chi connectivity index (χ3v) is 5.14. The molecule has 0 fully saturated rings. The average Bonchev–Trinajstić information content (AvgIpc) is 3.35. The fourth-order valence-corrected chi connectivity index (χ4v) is 3.41. The minimum atomic E-state index is -0.210. The molecule has 0 aliphatic carbocycles. The van der Waals surface area contributed by atoms with Gasteiger partial charge >= 0.3 is 6.03 Å². The van der Waals surface area contributed by atoms with Crippen molar-refractivity contribution in [3.8, 4) is 5.75 Å². The van der Waals surface area contributed by atoms with Crippen LogP contribution in [0, 0.1) is 0 Å². The predicted molar refractivity (Wildman–Crippen MR) is 124 cm³/mol. The second-order valence-electron chi connectivity index (χ2n) is 7.38. The van der Waals surface area contributed by atoms with Crippen molar-refractivity contribution < 1.29 is 9.53 Å². The van der Waals surface area contributed by atoms with Crippen molar-refractivity contribution >= 4 is 6.03 Å². The summed E-state index contributed by atoms with van der Waals surface area (Å²) in [4.78, 5) is 12.4. The Morgan fingerprint density at radius 1 is 0.750 bits per heavy atom. The number of nitrogens with zero attached hydrogens (tertiary/aromatic N) is 2. The van der Waals surface area contributed by atoms with E-state index in [1.807, 2.05) is 89.7 Å². The van der Waals surface area contributed by atoms with Crippen LogP contribution in [0.15, 0.2) is 97.3 Å². The lowest BCUT2D eigenvalue weighted by molar-refractivity contribution is 0.240. The highest BCUT2D eigenvalue weighted by atomic mass is 16.5. The molecule has 0 aliphatic rings. The molecule has 2 amide bonds. The van der Waals surface area contributed by atoms with E-state index in [2.05, 4.69) is 21.8 Å². The molecule has 0 unspecified atom stereocenters. The maximum atomic E-state index is 12.4. The molecule has 0 radical (unpaired) electrons. The number of hydrogen-bond donors (Lipinski definition) is 2. The van der Waals surface area contributed by atoms with Crippen molar-refractivity contribution in [2.75, 3.05) is 0 Å². The lowest BCUT2D eigenvalue weighted by atomic mass is 10.1. The summed E-state index contributed by atoms with van der Waals surface area (Å²) in [6.45, 7) is 1.99. The molecule has 0 spiro atoms. The fourth-order valence-electron chi connectivity index (χ4n) is 3.41. The summed E-state index contributed by atoms with van der Waals surface area (Å²) in [6, 6.07) is 27.4. The summed E-state index contributed by atoms with van der Waals surface area (Å²) in [7, 11) is 0. The first-order chi connectivity index (χ1) is 15.8. The minimum Gasteiger partial charge on any atom is -0.489 e. The van der Waals surface area contributed by atoms with Crippen molar-refractivity contribution in [2.24, 2.45) is 0 Å². The van der Waals surface area contributed by atoms with Gasteiger partial charge in [-0.05, 0) is 40.5 Å². The Hall–Kier alpha value is -4.06. The number of carbonyl (C=O) groups excluding carboxylic acids is 1. The van der Waals surface area contributed by atoms with Crippen LogP contribution in [0.2, 0.25) is 0 Å². The van der Waals surface area contributed by atoms with E-state index in [9.17, 15) is 4.79 Å². The van der Waals surface area contributed by atoms with E-state index in [4.69, 9.17) is 4.74 Å². The number of nitrogens with one attached hydrogen (secondary N) is 2. The average molecular weight is 427 g/mol. The Bertz CT molecular complexity index is 1130. The van der Waals surface area contributed by atoms with Crippen molar-refractivity contribution in [1.29, 1.82) is 0 Å². The molecule has 6 nitrogen and oxygen atoms in total. The first-order valence-corrected chi connectivity index (χ1v) is 10.6. The molecule has 162 valence electrons. The Morgan fingerprint density at radius 3 is 2.00 bits per heavy atom. The van der Waals surface area contributed by atoms with E-state index in [1.165, 1.54) is 0 Å². The van der Waals surface area contributed by atoms with Crippen molar-refractivity contribution in [3.63, 3.8) is 0 Å². The van der Waals surface area contributed by atoms with Gasteiger partial charge in [0.2, 0.25) is 0 Å². The first-order valence-electron chi connectivity index (χ1n) is 10.6. The Balaban J connectivity index is 1.30. The normalized spacial score (nSPS) is 10.5. The van der Waals surface area contributed by atoms with Gasteiger partial charge in [0.15, 0.2) is 0 Å². The maximum Gasteiger partial charge on any atom is 0.315 e. The summed E-state index contributed by atoms with van der Waals surface area (Å²) in [6.07, 6.45) is 3.69. The van der Waals surface area contributed by atoms with Gasteiger partial charge in [-0.25, -0.2) is 4.79 Å². The predicted octanol–water partition coefficient (Wildman–Crippen LogP) is 4.51. The number of benzene rings is 3. The third-order valence-electron chi connectivity index (χ3n) is 5.14. The fraction of sp³-hybridized carbons (Fsp3) is 0.154. The van der Waals surface area contributed by atoms with Crippen LogP contribution in [0.5, 0.6) is 5.75 Å². The van der Waals surface area contributed by atoms with Crippen molar-refractivity contribution in [3.05, 3.63) is 120 Å². The second kappa shape index (κ2) is 10.8. The summed E-state index contributed by atoms with van der Waals surface area (Å²) in [5, 5.41) is 10.2. The van der Waals surface area contributed by atoms with E-state index in [0.29, 0.717) is 26.2 Å². The highest BCUT2D eigenvalue weighted by Crippen LogP contribution is 2.15. The molecule has 1 aromatic heterocycles. The summed E-state index contributed by atoms with van der Waals surface area (Å²) < 4.78 is 7.73. The van der Waals surface area contributed by atoms with Gasteiger partial charge in [-0.2, -0.15) is 5.10 Å². The Kier molecular flexibility index (Phi) is 7.16. The smallest absolute Gasteiger partial charge is 0.315 e. The molecule has 3 aromatic carbocycles. The number of carbonyl (C=O) groups is 1. The first kappa shape index (κ1) is 21.2. The standard InChI is InChI=1S/C26H26N4O2/c31-26(27-17-21-9-4-6-11-23(21)19-30-16-8-15-29-30)28-18-22-10-5-7-12-24(22)20-32-25-13-2-1-3-14-25/h1-16H,17-20H2,(H2,27,28,31). The van der Waals surface area contributed by atoms with Gasteiger partial charge in [-0.1, -0.05) is 66.7 Å². The topological polar surface area (TPSA) is 68.2 Å². The number of ether oxygens (including phenoxy) is 1. The van der Waals surface area contributed by atoms with Crippen LogP contribution in [0.1, 0.15) is 22.3 Å². The number of para-hydroxylation sites is 1. The van der Waals surface area contributed by atoms with Gasteiger partial charge in [0, 0.05) is 25.5 Å². The molecule has 0 saturated heterocycles. The molecule has 0 aliphatic heterocycles. The minimum absolute atomic E-state index is 0.210. The van der Waals surface area contributed by atoms with Gasteiger partial charge in [-0.3, -0.25) is 4.68 Å².